The fourth-order valence-corrected chi connectivity index (χ4v) is 5.63. The Morgan fingerprint density at radius 2 is 2.00 bits per heavy atom. The van der Waals surface area contributed by atoms with Crippen LogP contribution in [0, 0.1) is 5.92 Å². The number of imide groups is 1. The quantitative estimate of drug-likeness (QED) is 0.479. The van der Waals surface area contributed by atoms with Gasteiger partial charge in [0.1, 0.15) is 6.04 Å². The minimum absolute atomic E-state index is 0.103. The van der Waals surface area contributed by atoms with Crippen LogP contribution in [0.1, 0.15) is 80.6 Å². The highest BCUT2D eigenvalue weighted by Crippen LogP contribution is 2.38. The lowest BCUT2D eigenvalue weighted by atomic mass is 9.84. The summed E-state index contributed by atoms with van der Waals surface area (Å²) in [6.45, 7) is 4.34. The van der Waals surface area contributed by atoms with Gasteiger partial charge in [0.2, 0.25) is 11.8 Å². The number of hydrogen-bond acceptors (Lipinski definition) is 5. The molecule has 0 bridgehead atoms. The molecule has 3 atom stereocenters. The molecule has 3 N–H and O–H groups in total. The van der Waals surface area contributed by atoms with E-state index in [1.54, 1.807) is 4.90 Å². The summed E-state index contributed by atoms with van der Waals surface area (Å²) in [4.78, 5) is 41.5. The number of carbonyl (C=O) groups is 3. The summed E-state index contributed by atoms with van der Waals surface area (Å²) >= 11 is 0. The number of carbonyl (C=O) groups excluding carboxylic acids is 3. The second-order valence-corrected chi connectivity index (χ2v) is 9.53. The molecule has 4 rings (SSSR count). The average molecular weight is 441 g/mol. The highest BCUT2D eigenvalue weighted by Gasteiger charge is 2.40. The van der Waals surface area contributed by atoms with Gasteiger partial charge in [0, 0.05) is 42.4 Å². The Balaban J connectivity index is 1.61. The van der Waals surface area contributed by atoms with Crippen molar-refractivity contribution in [1.29, 1.82) is 0 Å². The number of rotatable bonds is 8. The van der Waals surface area contributed by atoms with Crippen LogP contribution in [0.4, 0.5) is 5.69 Å². The van der Waals surface area contributed by atoms with Crippen molar-refractivity contribution in [2.75, 3.05) is 18.0 Å². The highest BCUT2D eigenvalue weighted by atomic mass is 16.2. The monoisotopic (exact) mass is 440 g/mol. The van der Waals surface area contributed by atoms with E-state index < -0.39 is 6.04 Å². The Hall–Kier alpha value is -2.41. The van der Waals surface area contributed by atoms with Crippen molar-refractivity contribution in [2.24, 2.45) is 11.7 Å². The van der Waals surface area contributed by atoms with Crippen LogP contribution in [0.5, 0.6) is 0 Å². The first-order valence-corrected chi connectivity index (χ1v) is 12.3. The van der Waals surface area contributed by atoms with Crippen LogP contribution in [-0.2, 0) is 16.1 Å². The molecule has 3 amide bonds. The van der Waals surface area contributed by atoms with E-state index in [1.807, 2.05) is 12.1 Å². The highest BCUT2D eigenvalue weighted by molar-refractivity contribution is 6.06. The lowest BCUT2D eigenvalue weighted by Crippen LogP contribution is -2.52. The van der Waals surface area contributed by atoms with Gasteiger partial charge in [0.25, 0.3) is 5.91 Å². The van der Waals surface area contributed by atoms with Gasteiger partial charge in [0.15, 0.2) is 0 Å². The second-order valence-electron chi connectivity index (χ2n) is 9.53. The van der Waals surface area contributed by atoms with Gasteiger partial charge in [-0.2, -0.15) is 0 Å². The van der Waals surface area contributed by atoms with E-state index in [4.69, 9.17) is 5.73 Å². The number of piperidine rings is 1. The summed E-state index contributed by atoms with van der Waals surface area (Å²) in [7, 11) is 0. The molecule has 3 aliphatic rings. The zero-order valence-electron chi connectivity index (χ0n) is 19.1. The molecule has 174 valence electrons. The first-order valence-electron chi connectivity index (χ1n) is 12.3. The number of benzene rings is 1. The number of hydrogen-bond donors (Lipinski definition) is 2. The number of anilines is 1. The normalized spacial score (nSPS) is 25.6. The summed E-state index contributed by atoms with van der Waals surface area (Å²) in [5.74, 6) is -0.166. The fraction of sp³-hybridized carbons (Fsp3) is 0.640. The molecular weight excluding hydrogens is 404 g/mol. The molecule has 2 aliphatic heterocycles. The topological polar surface area (TPSA) is 95.7 Å². The van der Waals surface area contributed by atoms with Crippen LogP contribution in [0.15, 0.2) is 18.2 Å². The van der Waals surface area contributed by atoms with Crippen molar-refractivity contribution in [2.45, 2.75) is 83.3 Å². The number of nitrogens with two attached hydrogens (primary N) is 1. The smallest absolute Gasteiger partial charge is 0.255 e. The van der Waals surface area contributed by atoms with Gasteiger partial charge in [-0.05, 0) is 56.7 Å². The number of nitrogens with zero attached hydrogens (tertiary/aromatic N) is 2. The van der Waals surface area contributed by atoms with Crippen molar-refractivity contribution in [3.05, 3.63) is 29.3 Å². The summed E-state index contributed by atoms with van der Waals surface area (Å²) in [6.07, 6.45) is 8.76. The van der Waals surface area contributed by atoms with Crippen molar-refractivity contribution in [3.63, 3.8) is 0 Å². The maximum Gasteiger partial charge on any atom is 0.255 e. The van der Waals surface area contributed by atoms with Gasteiger partial charge in [0.05, 0.1) is 0 Å². The summed E-state index contributed by atoms with van der Waals surface area (Å²) < 4.78 is 0. The minimum atomic E-state index is -0.578. The van der Waals surface area contributed by atoms with Crippen molar-refractivity contribution in [3.8, 4) is 0 Å². The average Bonchev–Trinajstić information content (AvgIpc) is 3.13. The number of fused-ring (bicyclic) bond motifs is 1. The van der Waals surface area contributed by atoms with Gasteiger partial charge in [-0.15, -0.1) is 0 Å². The first kappa shape index (κ1) is 22.8. The molecule has 2 fully saturated rings. The molecule has 2 heterocycles. The van der Waals surface area contributed by atoms with Crippen LogP contribution in [-0.4, -0.2) is 47.8 Å². The number of amides is 3. The Kier molecular flexibility index (Phi) is 7.13. The van der Waals surface area contributed by atoms with E-state index in [1.165, 1.54) is 25.7 Å². The van der Waals surface area contributed by atoms with E-state index in [9.17, 15) is 14.4 Å². The molecule has 32 heavy (non-hydrogen) atoms. The van der Waals surface area contributed by atoms with E-state index in [0.717, 1.165) is 43.6 Å². The fourth-order valence-electron chi connectivity index (χ4n) is 5.63. The van der Waals surface area contributed by atoms with E-state index in [2.05, 4.69) is 23.2 Å². The number of nitrogens with one attached hydrogen (secondary N) is 1. The Bertz CT molecular complexity index is 871. The van der Waals surface area contributed by atoms with Crippen LogP contribution in [0.3, 0.4) is 0 Å². The molecule has 1 unspecified atom stereocenters. The summed E-state index contributed by atoms with van der Waals surface area (Å²) in [6, 6.07) is 5.83. The second kappa shape index (κ2) is 10.0. The van der Waals surface area contributed by atoms with E-state index in [0.29, 0.717) is 30.5 Å². The van der Waals surface area contributed by atoms with Crippen molar-refractivity contribution in [1.82, 2.24) is 10.2 Å². The molecule has 1 aromatic rings. The lowest BCUT2D eigenvalue weighted by molar-refractivity contribution is -0.136. The SMILES string of the molecule is CCCCCN(c1cccc2c1CN(C1CCC(=O)NC1=O)C2=O)[C@H]1CCC[C@@H](CN)C1. The molecule has 1 saturated carbocycles. The molecule has 0 spiro atoms. The zero-order chi connectivity index (χ0) is 22.7. The third-order valence-corrected chi connectivity index (χ3v) is 7.40. The van der Waals surface area contributed by atoms with Crippen molar-refractivity contribution >= 4 is 23.4 Å². The first-order chi connectivity index (χ1) is 15.5. The Morgan fingerprint density at radius 3 is 2.75 bits per heavy atom. The summed E-state index contributed by atoms with van der Waals surface area (Å²) in [5.41, 5.74) is 8.87. The molecule has 1 aromatic carbocycles. The largest absolute Gasteiger partial charge is 0.368 e. The predicted octanol–water partition coefficient (Wildman–Crippen LogP) is 2.96. The maximum absolute atomic E-state index is 13.3. The molecule has 7 nitrogen and oxygen atoms in total. The van der Waals surface area contributed by atoms with Gasteiger partial charge in [-0.3, -0.25) is 19.7 Å². The van der Waals surface area contributed by atoms with Gasteiger partial charge in [-0.1, -0.05) is 32.3 Å². The molecule has 1 saturated heterocycles. The van der Waals surface area contributed by atoms with E-state index >= 15 is 0 Å². The van der Waals surface area contributed by atoms with Crippen LogP contribution in [0.2, 0.25) is 0 Å². The molecular formula is C25H36N4O3. The molecule has 7 heteroatoms. The number of unbranched alkanes of at least 4 members (excludes halogenated alkanes) is 2. The van der Waals surface area contributed by atoms with Crippen LogP contribution >= 0.6 is 0 Å². The van der Waals surface area contributed by atoms with E-state index in [-0.39, 0.29) is 24.1 Å². The summed E-state index contributed by atoms with van der Waals surface area (Å²) in [5, 5.41) is 2.39. The van der Waals surface area contributed by atoms with Gasteiger partial charge in [-0.25, -0.2) is 0 Å². The molecule has 0 radical (unpaired) electrons. The Labute approximate surface area is 190 Å². The lowest BCUT2D eigenvalue weighted by Gasteiger charge is -2.40. The predicted molar refractivity (Wildman–Crippen MR) is 124 cm³/mol. The third kappa shape index (κ3) is 4.53. The molecule has 1 aliphatic carbocycles. The van der Waals surface area contributed by atoms with Gasteiger partial charge < -0.3 is 15.5 Å². The Morgan fingerprint density at radius 1 is 1.16 bits per heavy atom. The van der Waals surface area contributed by atoms with Crippen molar-refractivity contribution < 1.29 is 14.4 Å². The minimum Gasteiger partial charge on any atom is -0.368 e. The van der Waals surface area contributed by atoms with Gasteiger partial charge >= 0.3 is 0 Å². The van der Waals surface area contributed by atoms with Crippen LogP contribution in [0.25, 0.3) is 0 Å². The molecule has 0 aromatic heterocycles. The third-order valence-electron chi connectivity index (χ3n) is 7.40. The standard InChI is InChI=1S/C25H36N4O3/c1-2-3-4-13-28(18-8-5-7-17(14-18)15-26)21-10-6-9-19-20(21)16-29(25(19)32)22-11-12-23(30)27-24(22)31/h6,9-10,17-18,22H,2-5,7-8,11-16,26H2,1H3,(H,27,30,31)/t17-,18+,22?/m1/s1. The zero-order valence-corrected chi connectivity index (χ0v) is 19.1. The maximum atomic E-state index is 13.3. The van der Waals surface area contributed by atoms with Crippen LogP contribution < -0.4 is 16.0 Å².